The maximum absolute atomic E-state index is 11.6. The average Bonchev–Trinajstić information content (AvgIpc) is 2.52. The molecule has 0 aromatic carbocycles. The fourth-order valence-electron chi connectivity index (χ4n) is 2.33. The first-order valence-corrected chi connectivity index (χ1v) is 9.55. The number of aromatic nitrogens is 2. The lowest BCUT2D eigenvalue weighted by Gasteiger charge is -2.28. The molecule has 1 saturated heterocycles. The minimum absolute atomic E-state index is 0.154. The van der Waals surface area contributed by atoms with Crippen molar-refractivity contribution >= 4 is 21.7 Å². The van der Waals surface area contributed by atoms with E-state index < -0.39 is 10.0 Å². The number of aryl methyl sites for hydroxylation is 1. The third kappa shape index (κ3) is 5.92. The molecule has 0 atom stereocenters. The molecule has 0 aliphatic carbocycles. The fourth-order valence-corrected chi connectivity index (χ4v) is 3.43. The van der Waals surface area contributed by atoms with Gasteiger partial charge in [-0.2, -0.15) is 0 Å². The molecule has 0 bridgehead atoms. The van der Waals surface area contributed by atoms with Crippen molar-refractivity contribution in [3.63, 3.8) is 0 Å². The summed E-state index contributed by atoms with van der Waals surface area (Å²) in [5.41, 5.74) is 0. The summed E-state index contributed by atoms with van der Waals surface area (Å²) < 4.78 is 31.1. The van der Waals surface area contributed by atoms with Crippen molar-refractivity contribution in [3.05, 3.63) is 11.9 Å². The minimum atomic E-state index is -3.16. The molecule has 1 aliphatic rings. The topological polar surface area (TPSA) is 96.5 Å². The van der Waals surface area contributed by atoms with Crippen molar-refractivity contribution in [3.8, 4) is 0 Å². The van der Waals surface area contributed by atoms with Crippen LogP contribution in [0.2, 0.25) is 0 Å². The van der Waals surface area contributed by atoms with Gasteiger partial charge >= 0.3 is 0 Å². The number of ether oxygens (including phenoxy) is 1. The summed E-state index contributed by atoms with van der Waals surface area (Å²) in [5, 5.41) is 3.14. The highest BCUT2D eigenvalue weighted by atomic mass is 32.2. The number of nitrogens with one attached hydrogen (secondary N) is 2. The second kappa shape index (κ2) is 8.42. The Kier molecular flexibility index (Phi) is 6.55. The van der Waals surface area contributed by atoms with Crippen LogP contribution in [0.1, 0.15) is 19.2 Å². The predicted octanol–water partition coefficient (Wildman–Crippen LogP) is 0.363. The highest BCUT2D eigenvalue weighted by Crippen LogP contribution is 2.16. The number of morpholine rings is 1. The molecule has 1 aliphatic heterocycles. The van der Waals surface area contributed by atoms with E-state index in [0.717, 1.165) is 18.9 Å². The lowest BCUT2D eigenvalue weighted by Crippen LogP contribution is -2.37. The van der Waals surface area contributed by atoms with Gasteiger partial charge in [-0.1, -0.05) is 6.92 Å². The van der Waals surface area contributed by atoms with Gasteiger partial charge in [0.2, 0.25) is 10.0 Å². The number of hydrogen-bond donors (Lipinski definition) is 2. The summed E-state index contributed by atoms with van der Waals surface area (Å²) >= 11 is 0. The molecule has 130 valence electrons. The van der Waals surface area contributed by atoms with Crippen LogP contribution in [0, 0.1) is 6.92 Å². The van der Waals surface area contributed by atoms with Crippen molar-refractivity contribution in [1.29, 1.82) is 0 Å². The van der Waals surface area contributed by atoms with Gasteiger partial charge in [0.25, 0.3) is 0 Å². The average molecular weight is 343 g/mol. The second-order valence-corrected chi connectivity index (χ2v) is 7.32. The first kappa shape index (κ1) is 17.9. The molecule has 2 rings (SSSR count). The Morgan fingerprint density at radius 3 is 2.70 bits per heavy atom. The SMILES string of the molecule is CCCS(=O)(=O)NCCNc1cc(N2CCOCC2)nc(C)n1. The molecule has 9 heteroatoms. The number of hydrogen-bond acceptors (Lipinski definition) is 7. The molecule has 2 heterocycles. The van der Waals surface area contributed by atoms with Gasteiger partial charge in [0.05, 0.1) is 19.0 Å². The smallest absolute Gasteiger partial charge is 0.211 e. The van der Waals surface area contributed by atoms with Crippen LogP contribution in [0.15, 0.2) is 6.07 Å². The van der Waals surface area contributed by atoms with E-state index in [1.54, 1.807) is 0 Å². The van der Waals surface area contributed by atoms with Gasteiger partial charge in [0.1, 0.15) is 17.5 Å². The number of nitrogens with zero attached hydrogens (tertiary/aromatic N) is 3. The first-order chi connectivity index (χ1) is 11.0. The summed E-state index contributed by atoms with van der Waals surface area (Å²) in [6.07, 6.45) is 0.608. The van der Waals surface area contributed by atoms with E-state index in [1.807, 2.05) is 19.9 Å². The van der Waals surface area contributed by atoms with Gasteiger partial charge in [-0.3, -0.25) is 0 Å². The quantitative estimate of drug-likeness (QED) is 0.658. The lowest BCUT2D eigenvalue weighted by atomic mass is 10.4. The zero-order chi connectivity index (χ0) is 16.7. The molecular weight excluding hydrogens is 318 g/mol. The molecule has 8 nitrogen and oxygen atoms in total. The summed E-state index contributed by atoms with van der Waals surface area (Å²) in [6.45, 7) is 7.52. The largest absolute Gasteiger partial charge is 0.378 e. The Balaban J connectivity index is 1.88. The molecule has 2 N–H and O–H groups in total. The van der Waals surface area contributed by atoms with Crippen molar-refractivity contribution in [1.82, 2.24) is 14.7 Å². The Morgan fingerprint density at radius 2 is 2.00 bits per heavy atom. The highest BCUT2D eigenvalue weighted by molar-refractivity contribution is 7.89. The Hall–Kier alpha value is -1.45. The molecule has 0 saturated carbocycles. The van der Waals surface area contributed by atoms with E-state index in [2.05, 4.69) is 24.9 Å². The Labute approximate surface area is 137 Å². The number of rotatable bonds is 8. The van der Waals surface area contributed by atoms with Crippen molar-refractivity contribution in [2.45, 2.75) is 20.3 Å². The molecule has 1 aromatic heterocycles. The fraction of sp³-hybridized carbons (Fsp3) is 0.714. The van der Waals surface area contributed by atoms with E-state index in [9.17, 15) is 8.42 Å². The lowest BCUT2D eigenvalue weighted by molar-refractivity contribution is 0.122. The molecular formula is C14H25N5O3S. The standard InChI is InChI=1S/C14H25N5O3S/c1-3-10-23(20,21)16-5-4-15-13-11-14(18-12(2)17-13)19-6-8-22-9-7-19/h11,16H,3-10H2,1-2H3,(H,15,17,18). The number of anilines is 2. The first-order valence-electron chi connectivity index (χ1n) is 7.90. The normalized spacial score (nSPS) is 15.7. The monoisotopic (exact) mass is 343 g/mol. The number of sulfonamides is 1. The summed E-state index contributed by atoms with van der Waals surface area (Å²) in [4.78, 5) is 11.0. The van der Waals surface area contributed by atoms with Crippen LogP contribution >= 0.6 is 0 Å². The van der Waals surface area contributed by atoms with Crippen molar-refractivity contribution in [2.24, 2.45) is 0 Å². The summed E-state index contributed by atoms with van der Waals surface area (Å²) in [7, 11) is -3.16. The zero-order valence-electron chi connectivity index (χ0n) is 13.7. The molecule has 0 unspecified atom stereocenters. The molecule has 1 aromatic rings. The van der Waals surface area contributed by atoms with Gasteiger partial charge in [0, 0.05) is 32.2 Å². The van der Waals surface area contributed by atoms with E-state index >= 15 is 0 Å². The maximum Gasteiger partial charge on any atom is 0.211 e. The van der Waals surface area contributed by atoms with Crippen LogP contribution in [0.5, 0.6) is 0 Å². The van der Waals surface area contributed by atoms with Crippen LogP contribution in [0.3, 0.4) is 0 Å². The Bertz CT molecular complexity index is 602. The molecule has 0 radical (unpaired) electrons. The van der Waals surface area contributed by atoms with E-state index in [1.165, 1.54) is 0 Å². The van der Waals surface area contributed by atoms with Gasteiger partial charge in [-0.25, -0.2) is 23.1 Å². The maximum atomic E-state index is 11.6. The molecule has 1 fully saturated rings. The third-order valence-electron chi connectivity index (χ3n) is 3.39. The van der Waals surface area contributed by atoms with Crippen LogP contribution in [0.4, 0.5) is 11.6 Å². The molecule has 23 heavy (non-hydrogen) atoms. The van der Waals surface area contributed by atoms with Gasteiger partial charge in [-0.05, 0) is 13.3 Å². The molecule has 0 amide bonds. The van der Waals surface area contributed by atoms with Gasteiger partial charge in [0.15, 0.2) is 0 Å². The second-order valence-electron chi connectivity index (χ2n) is 5.40. The Morgan fingerprint density at radius 1 is 1.26 bits per heavy atom. The van der Waals surface area contributed by atoms with E-state index in [4.69, 9.17) is 4.74 Å². The van der Waals surface area contributed by atoms with E-state index in [0.29, 0.717) is 44.4 Å². The van der Waals surface area contributed by atoms with Crippen molar-refractivity contribution in [2.75, 3.05) is 55.4 Å². The van der Waals surface area contributed by atoms with Gasteiger partial charge in [-0.15, -0.1) is 0 Å². The van der Waals surface area contributed by atoms with Crippen LogP contribution in [0.25, 0.3) is 0 Å². The highest BCUT2D eigenvalue weighted by Gasteiger charge is 2.14. The van der Waals surface area contributed by atoms with Gasteiger partial charge < -0.3 is 15.0 Å². The van der Waals surface area contributed by atoms with Crippen molar-refractivity contribution < 1.29 is 13.2 Å². The van der Waals surface area contributed by atoms with Crippen LogP contribution in [-0.4, -0.2) is 63.5 Å². The minimum Gasteiger partial charge on any atom is -0.378 e. The van der Waals surface area contributed by atoms with Crippen LogP contribution < -0.4 is 14.9 Å². The molecule has 0 spiro atoms. The predicted molar refractivity (Wildman–Crippen MR) is 90.4 cm³/mol. The summed E-state index contributed by atoms with van der Waals surface area (Å²) in [5.74, 6) is 2.41. The van der Waals surface area contributed by atoms with E-state index in [-0.39, 0.29) is 5.75 Å². The zero-order valence-corrected chi connectivity index (χ0v) is 14.5. The van der Waals surface area contributed by atoms with Crippen LogP contribution in [-0.2, 0) is 14.8 Å². The summed E-state index contributed by atoms with van der Waals surface area (Å²) in [6, 6.07) is 1.89. The third-order valence-corrected chi connectivity index (χ3v) is 4.98.